The van der Waals surface area contributed by atoms with E-state index in [1.165, 1.54) is 0 Å². The number of benzene rings is 1. The third-order valence-electron chi connectivity index (χ3n) is 2.42. The van der Waals surface area contributed by atoms with Gasteiger partial charge in [-0.05, 0) is 12.1 Å². The third kappa shape index (κ3) is 3.25. The number of hydrogen-bond donors (Lipinski definition) is 3. The zero-order valence-electron chi connectivity index (χ0n) is 9.00. The van der Waals surface area contributed by atoms with Crippen LogP contribution >= 0.6 is 23.2 Å². The molecule has 0 saturated carbocycles. The molecule has 0 amide bonds. The van der Waals surface area contributed by atoms with E-state index < -0.39 is 5.41 Å². The second-order valence-electron chi connectivity index (χ2n) is 4.08. The zero-order chi connectivity index (χ0) is 12.2. The van der Waals surface area contributed by atoms with Crippen molar-refractivity contribution in [3.05, 3.63) is 28.2 Å². The average Bonchev–Trinajstić information content (AvgIpc) is 2.28. The maximum atomic E-state index is 9.14. The Morgan fingerprint density at radius 1 is 1.19 bits per heavy atom. The van der Waals surface area contributed by atoms with Gasteiger partial charge < -0.3 is 15.5 Å². The molecule has 0 unspecified atom stereocenters. The van der Waals surface area contributed by atoms with Gasteiger partial charge in [0.1, 0.15) is 0 Å². The van der Waals surface area contributed by atoms with Crippen molar-refractivity contribution in [1.29, 1.82) is 0 Å². The van der Waals surface area contributed by atoms with Crippen LogP contribution in [0, 0.1) is 5.41 Å². The summed E-state index contributed by atoms with van der Waals surface area (Å²) >= 11 is 11.9. The molecule has 1 aromatic rings. The maximum absolute atomic E-state index is 9.14. The van der Waals surface area contributed by atoms with Gasteiger partial charge in [0, 0.05) is 12.0 Å². The van der Waals surface area contributed by atoms with Gasteiger partial charge >= 0.3 is 0 Å². The summed E-state index contributed by atoms with van der Waals surface area (Å²) in [6, 6.07) is 5.21. The van der Waals surface area contributed by atoms with E-state index >= 15 is 0 Å². The van der Waals surface area contributed by atoms with Crippen molar-refractivity contribution in [2.24, 2.45) is 5.41 Å². The smallest absolute Gasteiger partial charge is 0.0719 e. The van der Waals surface area contributed by atoms with Gasteiger partial charge in [-0.25, -0.2) is 0 Å². The van der Waals surface area contributed by atoms with Gasteiger partial charge in [0.05, 0.1) is 28.9 Å². The number of halogens is 2. The molecule has 5 heteroatoms. The van der Waals surface area contributed by atoms with Crippen molar-refractivity contribution in [3.8, 4) is 0 Å². The summed E-state index contributed by atoms with van der Waals surface area (Å²) in [4.78, 5) is 0. The molecule has 0 heterocycles. The summed E-state index contributed by atoms with van der Waals surface area (Å²) in [5.41, 5.74) is 0.0293. The van der Waals surface area contributed by atoms with Gasteiger partial charge in [-0.3, -0.25) is 0 Å². The summed E-state index contributed by atoms with van der Waals surface area (Å²) in [5, 5.41) is 22.4. The highest BCUT2D eigenvalue weighted by molar-refractivity contribution is 6.39. The highest BCUT2D eigenvalue weighted by Gasteiger charge is 2.22. The molecule has 1 aromatic carbocycles. The van der Waals surface area contributed by atoms with Crippen molar-refractivity contribution in [1.82, 2.24) is 0 Å². The minimum absolute atomic E-state index is 0.113. The van der Waals surface area contributed by atoms with Crippen molar-refractivity contribution in [2.75, 3.05) is 25.1 Å². The number of aliphatic hydroxyl groups is 2. The van der Waals surface area contributed by atoms with E-state index in [0.717, 1.165) is 0 Å². The fraction of sp³-hybridized carbons (Fsp3) is 0.455. The molecular formula is C11H15Cl2NO2. The van der Waals surface area contributed by atoms with Gasteiger partial charge in [-0.15, -0.1) is 0 Å². The van der Waals surface area contributed by atoms with E-state index in [1.807, 2.05) is 0 Å². The van der Waals surface area contributed by atoms with Crippen LogP contribution in [0.3, 0.4) is 0 Å². The van der Waals surface area contributed by atoms with Crippen LogP contribution in [0.5, 0.6) is 0 Å². The Kier molecular flexibility index (Phi) is 4.87. The SMILES string of the molecule is CC(CO)(CO)CNc1c(Cl)cccc1Cl. The minimum Gasteiger partial charge on any atom is -0.396 e. The molecule has 0 fully saturated rings. The predicted molar refractivity (Wildman–Crippen MR) is 67.2 cm³/mol. The number of rotatable bonds is 5. The number of para-hydroxylation sites is 1. The molecule has 0 aliphatic heterocycles. The molecule has 0 saturated heterocycles. The first-order valence-corrected chi connectivity index (χ1v) is 5.67. The Labute approximate surface area is 105 Å². The van der Waals surface area contributed by atoms with Crippen LogP contribution in [0.2, 0.25) is 10.0 Å². The predicted octanol–water partition coefficient (Wildman–Crippen LogP) is 2.40. The van der Waals surface area contributed by atoms with Crippen LogP contribution in [0.1, 0.15) is 6.92 Å². The van der Waals surface area contributed by atoms with E-state index in [4.69, 9.17) is 33.4 Å². The van der Waals surface area contributed by atoms with Crippen LogP contribution < -0.4 is 5.32 Å². The first-order valence-electron chi connectivity index (χ1n) is 4.92. The van der Waals surface area contributed by atoms with Gasteiger partial charge in [0.15, 0.2) is 0 Å². The minimum atomic E-state index is -0.595. The molecule has 3 nitrogen and oxygen atoms in total. The molecule has 0 aliphatic carbocycles. The molecule has 0 atom stereocenters. The Bertz CT molecular complexity index is 334. The van der Waals surface area contributed by atoms with Crippen molar-refractivity contribution >= 4 is 28.9 Å². The fourth-order valence-electron chi connectivity index (χ4n) is 1.13. The summed E-state index contributed by atoms with van der Waals surface area (Å²) in [7, 11) is 0. The van der Waals surface area contributed by atoms with E-state index in [0.29, 0.717) is 22.3 Å². The second kappa shape index (κ2) is 5.73. The fourth-order valence-corrected chi connectivity index (χ4v) is 1.66. The summed E-state index contributed by atoms with van der Waals surface area (Å²) in [6.45, 7) is 1.94. The Morgan fingerprint density at radius 3 is 2.12 bits per heavy atom. The Morgan fingerprint density at radius 2 is 1.69 bits per heavy atom. The van der Waals surface area contributed by atoms with Crippen LogP contribution in [0.4, 0.5) is 5.69 Å². The molecule has 1 rings (SSSR count). The lowest BCUT2D eigenvalue weighted by molar-refractivity contribution is 0.0806. The topological polar surface area (TPSA) is 52.5 Å². The van der Waals surface area contributed by atoms with Crippen LogP contribution in [0.25, 0.3) is 0 Å². The Balaban J connectivity index is 2.75. The second-order valence-corrected chi connectivity index (χ2v) is 4.89. The van der Waals surface area contributed by atoms with Crippen molar-refractivity contribution in [3.63, 3.8) is 0 Å². The molecule has 0 radical (unpaired) electrons. The largest absolute Gasteiger partial charge is 0.396 e. The third-order valence-corrected chi connectivity index (χ3v) is 3.05. The number of nitrogens with one attached hydrogen (secondary N) is 1. The average molecular weight is 264 g/mol. The van der Waals surface area contributed by atoms with Crippen LogP contribution in [-0.2, 0) is 0 Å². The molecule has 3 N–H and O–H groups in total. The van der Waals surface area contributed by atoms with E-state index in [9.17, 15) is 0 Å². The molecule has 16 heavy (non-hydrogen) atoms. The lowest BCUT2D eigenvalue weighted by atomic mass is 9.93. The van der Waals surface area contributed by atoms with E-state index in [1.54, 1.807) is 25.1 Å². The highest BCUT2D eigenvalue weighted by atomic mass is 35.5. The van der Waals surface area contributed by atoms with Crippen LogP contribution in [0.15, 0.2) is 18.2 Å². The first kappa shape index (κ1) is 13.6. The molecular weight excluding hydrogens is 249 g/mol. The first-order chi connectivity index (χ1) is 7.52. The standard InChI is InChI=1S/C11H15Cl2NO2/c1-11(6-15,7-16)5-14-10-8(12)3-2-4-9(10)13/h2-4,14-16H,5-7H2,1H3. The molecule has 0 aromatic heterocycles. The lowest BCUT2D eigenvalue weighted by Crippen LogP contribution is -2.34. The number of anilines is 1. The number of aliphatic hydroxyl groups excluding tert-OH is 2. The van der Waals surface area contributed by atoms with Gasteiger partial charge in [-0.1, -0.05) is 36.2 Å². The van der Waals surface area contributed by atoms with Crippen LogP contribution in [-0.4, -0.2) is 30.0 Å². The summed E-state index contributed by atoms with van der Waals surface area (Å²) in [6.07, 6.45) is 0. The summed E-state index contributed by atoms with van der Waals surface area (Å²) in [5.74, 6) is 0. The van der Waals surface area contributed by atoms with Gasteiger partial charge in [0.2, 0.25) is 0 Å². The monoisotopic (exact) mass is 263 g/mol. The zero-order valence-corrected chi connectivity index (χ0v) is 10.5. The van der Waals surface area contributed by atoms with E-state index in [-0.39, 0.29) is 13.2 Å². The summed E-state index contributed by atoms with van der Waals surface area (Å²) < 4.78 is 0. The number of hydrogen-bond acceptors (Lipinski definition) is 3. The van der Waals surface area contributed by atoms with Crippen molar-refractivity contribution in [2.45, 2.75) is 6.92 Å². The molecule has 90 valence electrons. The normalized spacial score (nSPS) is 11.6. The van der Waals surface area contributed by atoms with Gasteiger partial charge in [0.25, 0.3) is 0 Å². The maximum Gasteiger partial charge on any atom is 0.0719 e. The van der Waals surface area contributed by atoms with Crippen molar-refractivity contribution < 1.29 is 10.2 Å². The van der Waals surface area contributed by atoms with Gasteiger partial charge in [-0.2, -0.15) is 0 Å². The quantitative estimate of drug-likeness (QED) is 0.765. The highest BCUT2D eigenvalue weighted by Crippen LogP contribution is 2.30. The lowest BCUT2D eigenvalue weighted by Gasteiger charge is -2.25. The molecule has 0 aliphatic rings. The molecule has 0 bridgehead atoms. The Hall–Kier alpha value is -0.480. The van der Waals surface area contributed by atoms with E-state index in [2.05, 4.69) is 5.32 Å². The molecule has 0 spiro atoms.